The lowest BCUT2D eigenvalue weighted by atomic mass is 10.0. The molecule has 19 heavy (non-hydrogen) atoms. The Morgan fingerprint density at radius 2 is 1.63 bits per heavy atom. The second kappa shape index (κ2) is 5.97. The van der Waals surface area contributed by atoms with E-state index in [9.17, 15) is 0 Å². The summed E-state index contributed by atoms with van der Waals surface area (Å²) in [7, 11) is 0. The van der Waals surface area contributed by atoms with E-state index in [2.05, 4.69) is 10.5 Å². The van der Waals surface area contributed by atoms with Gasteiger partial charge in [-0.25, -0.2) is 0 Å². The third kappa shape index (κ3) is 3.29. The zero-order chi connectivity index (χ0) is 13.7. The number of anilines is 1. The van der Waals surface area contributed by atoms with Crippen LogP contribution >= 0.6 is 12.2 Å². The molecule has 2 aromatic rings. The van der Waals surface area contributed by atoms with Crippen LogP contribution in [0.25, 0.3) is 0 Å². The van der Waals surface area contributed by atoms with E-state index >= 15 is 0 Å². The summed E-state index contributed by atoms with van der Waals surface area (Å²) in [5.41, 5.74) is 17.1. The van der Waals surface area contributed by atoms with Gasteiger partial charge in [-0.15, -0.1) is 0 Å². The smallest absolute Gasteiger partial charge is 0.184 e. The predicted molar refractivity (Wildman–Crippen MR) is 82.9 cm³/mol. The van der Waals surface area contributed by atoms with E-state index in [4.69, 9.17) is 23.7 Å². The van der Waals surface area contributed by atoms with Crippen molar-refractivity contribution in [2.24, 2.45) is 10.8 Å². The molecule has 96 valence electrons. The first-order valence-electron chi connectivity index (χ1n) is 5.72. The molecule has 2 aromatic carbocycles. The normalized spacial score (nSPS) is 11.1. The molecule has 0 aromatic heterocycles. The molecule has 0 heterocycles. The second-order valence-electron chi connectivity index (χ2n) is 3.89. The number of hydrogen-bond acceptors (Lipinski definition) is 3. The molecule has 5 N–H and O–H groups in total. The first-order chi connectivity index (χ1) is 9.18. The van der Waals surface area contributed by atoms with Gasteiger partial charge in [0.25, 0.3) is 0 Å². The van der Waals surface area contributed by atoms with Crippen LogP contribution in [0.2, 0.25) is 0 Å². The average Bonchev–Trinajstić information content (AvgIpc) is 2.42. The minimum absolute atomic E-state index is 0.114. The van der Waals surface area contributed by atoms with Crippen molar-refractivity contribution in [2.75, 3.05) is 5.73 Å². The van der Waals surface area contributed by atoms with Crippen LogP contribution in [-0.4, -0.2) is 10.8 Å². The number of rotatable bonds is 3. The summed E-state index contributed by atoms with van der Waals surface area (Å²) in [6.07, 6.45) is 0. The van der Waals surface area contributed by atoms with Gasteiger partial charge in [-0.3, -0.25) is 5.43 Å². The Labute approximate surface area is 117 Å². The maximum absolute atomic E-state index is 5.99. The summed E-state index contributed by atoms with van der Waals surface area (Å²) in [5, 5.41) is 4.36. The van der Waals surface area contributed by atoms with E-state index in [1.807, 2.05) is 54.6 Å². The van der Waals surface area contributed by atoms with Gasteiger partial charge in [0.05, 0.1) is 5.71 Å². The van der Waals surface area contributed by atoms with Crippen LogP contribution in [-0.2, 0) is 0 Å². The number of benzene rings is 2. The zero-order valence-corrected chi connectivity index (χ0v) is 11.0. The van der Waals surface area contributed by atoms with Gasteiger partial charge in [0, 0.05) is 16.8 Å². The van der Waals surface area contributed by atoms with Crippen LogP contribution in [0.5, 0.6) is 0 Å². The molecule has 0 unspecified atom stereocenters. The molecule has 0 saturated carbocycles. The molecular weight excluding hydrogens is 256 g/mol. The van der Waals surface area contributed by atoms with Crippen molar-refractivity contribution >= 4 is 28.7 Å². The molecule has 0 saturated heterocycles. The number of thiocarbonyl (C=S) groups is 1. The Morgan fingerprint density at radius 3 is 2.26 bits per heavy atom. The van der Waals surface area contributed by atoms with Crippen molar-refractivity contribution in [1.82, 2.24) is 5.43 Å². The molecular formula is C14H14N4S. The van der Waals surface area contributed by atoms with Crippen molar-refractivity contribution in [3.05, 3.63) is 65.7 Å². The molecule has 0 bridgehead atoms. The highest BCUT2D eigenvalue weighted by Crippen LogP contribution is 2.16. The fourth-order valence-electron chi connectivity index (χ4n) is 1.70. The fourth-order valence-corrected chi connectivity index (χ4v) is 1.75. The fraction of sp³-hybridized carbons (Fsp3) is 0. The highest BCUT2D eigenvalue weighted by atomic mass is 32.1. The van der Waals surface area contributed by atoms with E-state index in [1.165, 1.54) is 0 Å². The Balaban J connectivity index is 2.50. The number of nitrogen functional groups attached to an aromatic ring is 1. The molecule has 5 heteroatoms. The molecule has 2 rings (SSSR count). The van der Waals surface area contributed by atoms with Crippen molar-refractivity contribution in [3.8, 4) is 0 Å². The van der Waals surface area contributed by atoms with Gasteiger partial charge in [-0.05, 0) is 18.3 Å². The van der Waals surface area contributed by atoms with Crippen molar-refractivity contribution in [1.29, 1.82) is 0 Å². The number of para-hydroxylation sites is 1. The van der Waals surface area contributed by atoms with Gasteiger partial charge < -0.3 is 11.5 Å². The van der Waals surface area contributed by atoms with Gasteiger partial charge in [0.15, 0.2) is 5.11 Å². The van der Waals surface area contributed by atoms with E-state index in [0.717, 1.165) is 11.1 Å². The summed E-state index contributed by atoms with van der Waals surface area (Å²) >= 11 is 4.78. The number of nitrogens with one attached hydrogen (secondary N) is 1. The summed E-state index contributed by atoms with van der Waals surface area (Å²) in [6.45, 7) is 0. The van der Waals surface area contributed by atoms with E-state index in [-0.39, 0.29) is 5.11 Å². The largest absolute Gasteiger partial charge is 0.398 e. The highest BCUT2D eigenvalue weighted by molar-refractivity contribution is 7.80. The van der Waals surface area contributed by atoms with Crippen LogP contribution < -0.4 is 16.9 Å². The lowest BCUT2D eigenvalue weighted by Crippen LogP contribution is -2.26. The Bertz CT molecular complexity index is 608. The first kappa shape index (κ1) is 13.0. The van der Waals surface area contributed by atoms with Gasteiger partial charge in [-0.2, -0.15) is 5.10 Å². The SMILES string of the molecule is NC(=S)N/N=C(\c1ccccc1)c1ccccc1N. The molecule has 0 fully saturated rings. The van der Waals surface area contributed by atoms with E-state index in [0.29, 0.717) is 11.4 Å². The maximum atomic E-state index is 5.99. The maximum Gasteiger partial charge on any atom is 0.184 e. The van der Waals surface area contributed by atoms with Crippen LogP contribution in [0, 0.1) is 0 Å². The van der Waals surface area contributed by atoms with Crippen molar-refractivity contribution in [2.45, 2.75) is 0 Å². The lowest BCUT2D eigenvalue weighted by molar-refractivity contribution is 1.03. The lowest BCUT2D eigenvalue weighted by Gasteiger charge is -2.10. The number of nitrogens with zero attached hydrogens (tertiary/aromatic N) is 1. The van der Waals surface area contributed by atoms with Crippen molar-refractivity contribution < 1.29 is 0 Å². The van der Waals surface area contributed by atoms with Gasteiger partial charge in [-0.1, -0.05) is 48.5 Å². The summed E-state index contributed by atoms with van der Waals surface area (Å²) in [6, 6.07) is 17.2. The molecule has 0 radical (unpaired) electrons. The first-order valence-corrected chi connectivity index (χ1v) is 6.12. The number of nitrogens with two attached hydrogens (primary N) is 2. The Kier molecular flexibility index (Phi) is 4.10. The van der Waals surface area contributed by atoms with Crippen LogP contribution in [0.15, 0.2) is 59.7 Å². The number of hydrazone groups is 1. The number of hydrogen-bond donors (Lipinski definition) is 3. The van der Waals surface area contributed by atoms with E-state index in [1.54, 1.807) is 0 Å². The predicted octanol–water partition coefficient (Wildman–Crippen LogP) is 1.85. The minimum atomic E-state index is 0.114. The molecule has 0 amide bonds. The highest BCUT2D eigenvalue weighted by Gasteiger charge is 2.09. The van der Waals surface area contributed by atoms with Crippen LogP contribution in [0.1, 0.15) is 11.1 Å². The molecule has 4 nitrogen and oxygen atoms in total. The summed E-state index contributed by atoms with van der Waals surface area (Å²) in [4.78, 5) is 0. The topological polar surface area (TPSA) is 76.4 Å². The molecule has 0 aliphatic carbocycles. The monoisotopic (exact) mass is 270 g/mol. The third-order valence-corrected chi connectivity index (χ3v) is 2.63. The zero-order valence-electron chi connectivity index (χ0n) is 10.2. The second-order valence-corrected chi connectivity index (χ2v) is 4.33. The summed E-state index contributed by atoms with van der Waals surface area (Å²) in [5.74, 6) is 0. The third-order valence-electron chi connectivity index (χ3n) is 2.54. The standard InChI is InChI=1S/C14H14N4S/c15-12-9-5-4-8-11(12)13(17-18-14(16)19)10-6-2-1-3-7-10/h1-9H,15H2,(H3,16,18,19)/b17-13+. The summed E-state index contributed by atoms with van der Waals surface area (Å²) < 4.78 is 0. The molecule has 0 aliphatic rings. The molecule has 0 spiro atoms. The van der Waals surface area contributed by atoms with E-state index < -0.39 is 0 Å². The van der Waals surface area contributed by atoms with Gasteiger partial charge in [0.1, 0.15) is 0 Å². The molecule has 0 atom stereocenters. The Morgan fingerprint density at radius 1 is 1.00 bits per heavy atom. The quantitative estimate of drug-likeness (QED) is 0.344. The average molecular weight is 270 g/mol. The van der Waals surface area contributed by atoms with Crippen LogP contribution in [0.3, 0.4) is 0 Å². The van der Waals surface area contributed by atoms with Crippen LogP contribution in [0.4, 0.5) is 5.69 Å². The van der Waals surface area contributed by atoms with Gasteiger partial charge in [0.2, 0.25) is 0 Å². The molecule has 0 aliphatic heterocycles. The van der Waals surface area contributed by atoms with Gasteiger partial charge >= 0.3 is 0 Å². The Hall–Kier alpha value is -2.40. The van der Waals surface area contributed by atoms with Crippen molar-refractivity contribution in [3.63, 3.8) is 0 Å². The minimum Gasteiger partial charge on any atom is -0.398 e.